The van der Waals surface area contributed by atoms with Gasteiger partial charge in [-0.3, -0.25) is 19.7 Å². The summed E-state index contributed by atoms with van der Waals surface area (Å²) in [5, 5.41) is 11.0. The van der Waals surface area contributed by atoms with E-state index in [0.29, 0.717) is 5.65 Å². The van der Waals surface area contributed by atoms with Gasteiger partial charge in [-0.1, -0.05) is 0 Å². The van der Waals surface area contributed by atoms with E-state index in [-0.39, 0.29) is 24.2 Å². The molecule has 10 nitrogen and oxygen atoms in total. The molecule has 0 unspecified atom stereocenters. The predicted molar refractivity (Wildman–Crippen MR) is 70.3 cm³/mol. The maximum atomic E-state index is 12.1. The SMILES string of the molecule is CNNn1cnc2c(=O)n(CCNC(=O)CO)cnc21. The molecule has 0 saturated heterocycles. The first-order valence-electron chi connectivity index (χ1n) is 5.90. The lowest BCUT2D eigenvalue weighted by Crippen LogP contribution is -2.32. The van der Waals surface area contributed by atoms with Crippen LogP contribution in [0.25, 0.3) is 11.2 Å². The number of aliphatic hydroxyl groups excluding tert-OH is 1. The topological polar surface area (TPSA) is 126 Å². The van der Waals surface area contributed by atoms with E-state index in [0.717, 1.165) is 0 Å². The molecule has 2 aromatic heterocycles. The second kappa shape index (κ2) is 6.12. The summed E-state index contributed by atoms with van der Waals surface area (Å²) in [5.74, 6) is -0.491. The molecule has 0 aliphatic carbocycles. The van der Waals surface area contributed by atoms with Crippen LogP contribution in [-0.4, -0.2) is 50.4 Å². The van der Waals surface area contributed by atoms with E-state index in [9.17, 15) is 9.59 Å². The zero-order valence-electron chi connectivity index (χ0n) is 10.8. The summed E-state index contributed by atoms with van der Waals surface area (Å²) in [6, 6.07) is 0. The third kappa shape index (κ3) is 2.75. The van der Waals surface area contributed by atoms with Crippen molar-refractivity contribution >= 4 is 17.1 Å². The lowest BCUT2D eigenvalue weighted by molar-refractivity contribution is -0.123. The molecule has 0 spiro atoms. The fourth-order valence-electron chi connectivity index (χ4n) is 1.66. The van der Waals surface area contributed by atoms with Gasteiger partial charge in [0.05, 0.1) is 0 Å². The Bertz CT molecular complexity index is 662. The molecule has 10 heteroatoms. The quantitative estimate of drug-likeness (QED) is 0.427. The summed E-state index contributed by atoms with van der Waals surface area (Å²) in [7, 11) is 1.68. The third-order valence-electron chi connectivity index (χ3n) is 2.58. The number of aromatic nitrogens is 4. The fraction of sp³-hybridized carbons (Fsp3) is 0.400. The van der Waals surface area contributed by atoms with Crippen molar-refractivity contribution in [1.82, 2.24) is 30.0 Å². The van der Waals surface area contributed by atoms with Crippen LogP contribution in [0.1, 0.15) is 0 Å². The van der Waals surface area contributed by atoms with Crippen LogP contribution >= 0.6 is 0 Å². The second-order valence-electron chi connectivity index (χ2n) is 3.90. The van der Waals surface area contributed by atoms with Gasteiger partial charge in [-0.15, -0.1) is 0 Å². The molecule has 0 aliphatic heterocycles. The summed E-state index contributed by atoms with van der Waals surface area (Å²) in [5.41, 5.74) is 5.78. The molecular weight excluding hydrogens is 266 g/mol. The second-order valence-corrected chi connectivity index (χ2v) is 3.90. The molecule has 0 radical (unpaired) electrons. The van der Waals surface area contributed by atoms with E-state index in [1.807, 2.05) is 0 Å². The lowest BCUT2D eigenvalue weighted by Gasteiger charge is -2.07. The number of carbonyl (C=O) groups excluding carboxylic acids is 1. The third-order valence-corrected chi connectivity index (χ3v) is 2.58. The zero-order valence-corrected chi connectivity index (χ0v) is 10.8. The molecule has 2 heterocycles. The number of hydrogen-bond donors (Lipinski definition) is 4. The van der Waals surface area contributed by atoms with Gasteiger partial charge in [-0.2, -0.15) is 0 Å². The maximum Gasteiger partial charge on any atom is 0.281 e. The summed E-state index contributed by atoms with van der Waals surface area (Å²) in [6.07, 6.45) is 2.82. The Hall–Kier alpha value is -2.46. The number of imidazole rings is 1. The van der Waals surface area contributed by atoms with E-state index in [4.69, 9.17) is 5.11 Å². The van der Waals surface area contributed by atoms with E-state index >= 15 is 0 Å². The molecular formula is C10H15N7O3. The van der Waals surface area contributed by atoms with Crippen molar-refractivity contribution in [2.24, 2.45) is 0 Å². The highest BCUT2D eigenvalue weighted by molar-refractivity contribution is 5.76. The van der Waals surface area contributed by atoms with Crippen LogP contribution in [0, 0.1) is 0 Å². The molecule has 0 bridgehead atoms. The molecule has 1 amide bonds. The molecule has 2 rings (SSSR count). The fourth-order valence-corrected chi connectivity index (χ4v) is 1.66. The van der Waals surface area contributed by atoms with Crippen molar-refractivity contribution < 1.29 is 9.90 Å². The number of amides is 1. The first-order chi connectivity index (χ1) is 9.67. The normalized spacial score (nSPS) is 10.7. The average molecular weight is 281 g/mol. The maximum absolute atomic E-state index is 12.1. The Morgan fingerprint density at radius 2 is 2.20 bits per heavy atom. The van der Waals surface area contributed by atoms with Crippen molar-refractivity contribution in [3.8, 4) is 0 Å². The number of rotatable bonds is 6. The van der Waals surface area contributed by atoms with Crippen molar-refractivity contribution in [3.63, 3.8) is 0 Å². The Morgan fingerprint density at radius 1 is 1.40 bits per heavy atom. The number of nitrogens with zero attached hydrogens (tertiary/aromatic N) is 4. The predicted octanol–water partition coefficient (Wildman–Crippen LogP) is -2.62. The molecule has 4 N–H and O–H groups in total. The Labute approximate surface area is 113 Å². The van der Waals surface area contributed by atoms with E-state index in [2.05, 4.69) is 26.2 Å². The highest BCUT2D eigenvalue weighted by Gasteiger charge is 2.10. The minimum Gasteiger partial charge on any atom is -0.387 e. The van der Waals surface area contributed by atoms with E-state index in [1.54, 1.807) is 7.05 Å². The van der Waals surface area contributed by atoms with Gasteiger partial charge in [0.25, 0.3) is 5.56 Å². The van der Waals surface area contributed by atoms with Gasteiger partial charge in [0.2, 0.25) is 5.91 Å². The standard InChI is InChI=1S/C10H15N7O3/c1-11-15-17-6-13-8-9(17)14-5-16(10(8)20)3-2-12-7(19)4-18/h5-6,11,15,18H,2-4H2,1H3,(H,12,19). The number of carbonyl (C=O) groups is 1. The van der Waals surface area contributed by atoms with E-state index < -0.39 is 12.5 Å². The van der Waals surface area contributed by atoms with Gasteiger partial charge in [0.1, 0.15) is 19.3 Å². The molecule has 0 aromatic carbocycles. The van der Waals surface area contributed by atoms with Gasteiger partial charge in [-0.25, -0.2) is 20.1 Å². The highest BCUT2D eigenvalue weighted by atomic mass is 16.3. The summed E-state index contributed by atoms with van der Waals surface area (Å²) in [6.45, 7) is -0.103. The van der Waals surface area contributed by atoms with Crippen LogP contribution in [0.4, 0.5) is 0 Å². The molecule has 2 aromatic rings. The van der Waals surface area contributed by atoms with Crippen LogP contribution < -0.4 is 21.8 Å². The van der Waals surface area contributed by atoms with Gasteiger partial charge in [-0.05, 0) is 0 Å². The van der Waals surface area contributed by atoms with Gasteiger partial charge in [0.15, 0.2) is 11.2 Å². The lowest BCUT2D eigenvalue weighted by atomic mass is 10.5. The van der Waals surface area contributed by atoms with Gasteiger partial charge >= 0.3 is 0 Å². The van der Waals surface area contributed by atoms with Crippen LogP contribution in [0.2, 0.25) is 0 Å². The number of hydrogen-bond acceptors (Lipinski definition) is 7. The zero-order chi connectivity index (χ0) is 14.5. The number of nitrogens with one attached hydrogen (secondary N) is 3. The highest BCUT2D eigenvalue weighted by Crippen LogP contribution is 2.01. The van der Waals surface area contributed by atoms with Crippen molar-refractivity contribution in [2.45, 2.75) is 6.54 Å². The van der Waals surface area contributed by atoms with Gasteiger partial charge < -0.3 is 10.4 Å². The van der Waals surface area contributed by atoms with Crippen molar-refractivity contribution in [2.75, 3.05) is 25.7 Å². The molecule has 20 heavy (non-hydrogen) atoms. The molecule has 108 valence electrons. The number of fused-ring (bicyclic) bond motifs is 1. The first-order valence-corrected chi connectivity index (χ1v) is 5.90. The smallest absolute Gasteiger partial charge is 0.281 e. The Morgan fingerprint density at radius 3 is 2.90 bits per heavy atom. The van der Waals surface area contributed by atoms with Crippen LogP contribution in [0.3, 0.4) is 0 Å². The van der Waals surface area contributed by atoms with E-state index in [1.165, 1.54) is 21.9 Å². The molecule has 0 atom stereocenters. The number of hydrazine groups is 1. The largest absolute Gasteiger partial charge is 0.387 e. The van der Waals surface area contributed by atoms with Crippen molar-refractivity contribution in [1.29, 1.82) is 0 Å². The van der Waals surface area contributed by atoms with Gasteiger partial charge in [0, 0.05) is 20.1 Å². The molecule has 0 saturated carbocycles. The minimum atomic E-state index is -0.577. The Kier molecular flexibility index (Phi) is 4.27. The monoisotopic (exact) mass is 281 g/mol. The number of aliphatic hydroxyl groups is 1. The van der Waals surface area contributed by atoms with Crippen LogP contribution in [0.15, 0.2) is 17.4 Å². The molecule has 0 fully saturated rings. The first kappa shape index (κ1) is 14.0. The summed E-state index contributed by atoms with van der Waals surface area (Å²) >= 11 is 0. The summed E-state index contributed by atoms with van der Waals surface area (Å²) in [4.78, 5) is 31.1. The Balaban J connectivity index is 2.18. The summed E-state index contributed by atoms with van der Waals surface area (Å²) < 4.78 is 2.82. The average Bonchev–Trinajstić information content (AvgIpc) is 2.85. The van der Waals surface area contributed by atoms with Crippen LogP contribution in [-0.2, 0) is 11.3 Å². The minimum absolute atomic E-state index is 0.224. The van der Waals surface area contributed by atoms with Crippen LogP contribution in [0.5, 0.6) is 0 Å². The van der Waals surface area contributed by atoms with Crippen molar-refractivity contribution in [3.05, 3.63) is 23.0 Å². The molecule has 0 aliphatic rings.